The average molecular weight is 342 g/mol. The van der Waals surface area contributed by atoms with Crippen molar-refractivity contribution in [1.82, 2.24) is 19.8 Å². The molecule has 0 fully saturated rings. The SMILES string of the molecule is CCc1ncc2c(n1)CN(CC(=O)N1CCc3sccc3C1)CC2. The molecule has 24 heavy (non-hydrogen) atoms. The smallest absolute Gasteiger partial charge is 0.237 e. The number of hydrogen-bond acceptors (Lipinski definition) is 5. The summed E-state index contributed by atoms with van der Waals surface area (Å²) in [6.07, 6.45) is 4.74. The molecule has 0 saturated heterocycles. The Hall–Kier alpha value is -1.79. The fourth-order valence-corrected chi connectivity index (χ4v) is 4.35. The van der Waals surface area contributed by atoms with Crippen LogP contribution in [0.25, 0.3) is 0 Å². The molecule has 0 aliphatic carbocycles. The van der Waals surface area contributed by atoms with Crippen LogP contribution < -0.4 is 0 Å². The highest BCUT2D eigenvalue weighted by Crippen LogP contribution is 2.24. The minimum Gasteiger partial charge on any atom is -0.337 e. The highest BCUT2D eigenvalue weighted by Gasteiger charge is 2.25. The third kappa shape index (κ3) is 3.08. The van der Waals surface area contributed by atoms with Gasteiger partial charge in [-0.05, 0) is 35.4 Å². The number of carbonyl (C=O) groups excluding carboxylic acids is 1. The van der Waals surface area contributed by atoms with E-state index in [1.807, 2.05) is 22.4 Å². The minimum absolute atomic E-state index is 0.236. The van der Waals surface area contributed by atoms with Crippen molar-refractivity contribution < 1.29 is 4.79 Å². The van der Waals surface area contributed by atoms with Crippen molar-refractivity contribution in [2.45, 2.75) is 39.3 Å². The molecule has 0 bridgehead atoms. The maximum atomic E-state index is 12.7. The van der Waals surface area contributed by atoms with Crippen molar-refractivity contribution in [1.29, 1.82) is 0 Å². The lowest BCUT2D eigenvalue weighted by Crippen LogP contribution is -2.44. The summed E-state index contributed by atoms with van der Waals surface area (Å²) in [5.41, 5.74) is 3.65. The van der Waals surface area contributed by atoms with E-state index in [0.29, 0.717) is 6.54 Å². The monoisotopic (exact) mass is 342 g/mol. The molecule has 126 valence electrons. The zero-order valence-corrected chi connectivity index (χ0v) is 14.8. The Morgan fingerprint density at radius 2 is 2.17 bits per heavy atom. The van der Waals surface area contributed by atoms with Crippen LogP contribution in [0.2, 0.25) is 0 Å². The van der Waals surface area contributed by atoms with Crippen LogP contribution in [0, 0.1) is 0 Å². The van der Waals surface area contributed by atoms with Gasteiger partial charge in [-0.3, -0.25) is 9.69 Å². The number of amides is 1. The first-order chi connectivity index (χ1) is 11.7. The Balaban J connectivity index is 1.40. The fourth-order valence-electron chi connectivity index (χ4n) is 3.46. The summed E-state index contributed by atoms with van der Waals surface area (Å²) in [5.74, 6) is 1.13. The first-order valence-corrected chi connectivity index (χ1v) is 9.50. The van der Waals surface area contributed by atoms with E-state index in [1.54, 1.807) is 0 Å². The van der Waals surface area contributed by atoms with Crippen LogP contribution >= 0.6 is 11.3 Å². The van der Waals surface area contributed by atoms with Gasteiger partial charge in [-0.15, -0.1) is 11.3 Å². The van der Waals surface area contributed by atoms with Crippen molar-refractivity contribution in [3.8, 4) is 0 Å². The van der Waals surface area contributed by atoms with Gasteiger partial charge in [0.25, 0.3) is 0 Å². The second-order valence-electron chi connectivity index (χ2n) is 6.51. The summed E-state index contributed by atoms with van der Waals surface area (Å²) >= 11 is 1.81. The van der Waals surface area contributed by atoms with Gasteiger partial charge in [0.15, 0.2) is 0 Å². The molecule has 0 spiro atoms. The van der Waals surface area contributed by atoms with Gasteiger partial charge in [0, 0.05) is 43.7 Å². The summed E-state index contributed by atoms with van der Waals surface area (Å²) < 4.78 is 0. The number of hydrogen-bond donors (Lipinski definition) is 0. The van der Waals surface area contributed by atoms with Crippen molar-refractivity contribution in [2.24, 2.45) is 0 Å². The van der Waals surface area contributed by atoms with Crippen LogP contribution in [-0.2, 0) is 37.1 Å². The molecule has 2 aromatic heterocycles. The molecule has 5 nitrogen and oxygen atoms in total. The standard InChI is InChI=1S/C18H22N4OS/c1-2-17-19-9-13-3-6-21(11-15(13)20-17)12-18(23)22-7-4-16-14(10-22)5-8-24-16/h5,8-9H,2-4,6-7,10-12H2,1H3. The molecule has 0 atom stereocenters. The summed E-state index contributed by atoms with van der Waals surface area (Å²) in [6.45, 7) is 5.84. The van der Waals surface area contributed by atoms with Gasteiger partial charge in [0.05, 0.1) is 12.2 Å². The van der Waals surface area contributed by atoms with Crippen molar-refractivity contribution in [2.75, 3.05) is 19.6 Å². The van der Waals surface area contributed by atoms with Crippen LogP contribution in [0.1, 0.15) is 34.4 Å². The van der Waals surface area contributed by atoms with Crippen molar-refractivity contribution >= 4 is 17.2 Å². The first-order valence-electron chi connectivity index (χ1n) is 8.62. The molecule has 4 rings (SSSR count). The van der Waals surface area contributed by atoms with E-state index in [9.17, 15) is 4.79 Å². The number of fused-ring (bicyclic) bond motifs is 2. The van der Waals surface area contributed by atoms with Gasteiger partial charge in [-0.1, -0.05) is 6.92 Å². The van der Waals surface area contributed by atoms with Gasteiger partial charge < -0.3 is 4.90 Å². The predicted molar refractivity (Wildman–Crippen MR) is 93.8 cm³/mol. The number of aryl methyl sites for hydroxylation is 1. The largest absolute Gasteiger partial charge is 0.337 e. The van der Waals surface area contributed by atoms with Gasteiger partial charge in [0.2, 0.25) is 5.91 Å². The Bertz CT molecular complexity index is 757. The van der Waals surface area contributed by atoms with E-state index < -0.39 is 0 Å². The zero-order chi connectivity index (χ0) is 16.5. The number of carbonyl (C=O) groups is 1. The molecule has 0 N–H and O–H groups in total. The maximum Gasteiger partial charge on any atom is 0.237 e. The first kappa shape index (κ1) is 15.7. The zero-order valence-electron chi connectivity index (χ0n) is 14.0. The number of thiophene rings is 1. The van der Waals surface area contributed by atoms with Crippen LogP contribution in [0.15, 0.2) is 17.6 Å². The van der Waals surface area contributed by atoms with Crippen LogP contribution in [0.4, 0.5) is 0 Å². The fraction of sp³-hybridized carbons (Fsp3) is 0.500. The topological polar surface area (TPSA) is 49.3 Å². The predicted octanol–water partition coefficient (Wildman–Crippen LogP) is 2.04. The molecular weight excluding hydrogens is 320 g/mol. The molecular formula is C18H22N4OS. The van der Waals surface area contributed by atoms with E-state index in [1.165, 1.54) is 16.0 Å². The number of nitrogens with zero attached hydrogens (tertiary/aromatic N) is 4. The average Bonchev–Trinajstić information content (AvgIpc) is 3.08. The Labute approximate surface area is 146 Å². The molecule has 6 heteroatoms. The molecule has 0 saturated carbocycles. The quantitative estimate of drug-likeness (QED) is 0.856. The van der Waals surface area contributed by atoms with E-state index in [2.05, 4.69) is 33.2 Å². The second-order valence-corrected chi connectivity index (χ2v) is 7.51. The van der Waals surface area contributed by atoms with Gasteiger partial charge >= 0.3 is 0 Å². The molecule has 2 aromatic rings. The van der Waals surface area contributed by atoms with Crippen LogP contribution in [0.3, 0.4) is 0 Å². The van der Waals surface area contributed by atoms with Gasteiger partial charge in [-0.25, -0.2) is 9.97 Å². The lowest BCUT2D eigenvalue weighted by atomic mass is 10.1. The molecule has 0 aromatic carbocycles. The Kier molecular flexibility index (Phi) is 4.33. The maximum absolute atomic E-state index is 12.7. The third-order valence-electron chi connectivity index (χ3n) is 4.91. The van der Waals surface area contributed by atoms with Crippen LogP contribution in [-0.4, -0.2) is 45.3 Å². The van der Waals surface area contributed by atoms with E-state index in [-0.39, 0.29) is 5.91 Å². The lowest BCUT2D eigenvalue weighted by Gasteiger charge is -2.32. The summed E-state index contributed by atoms with van der Waals surface area (Å²) in [6, 6.07) is 2.15. The van der Waals surface area contributed by atoms with E-state index >= 15 is 0 Å². The van der Waals surface area contributed by atoms with Gasteiger partial charge in [-0.2, -0.15) is 0 Å². The molecule has 0 radical (unpaired) electrons. The summed E-state index contributed by atoms with van der Waals surface area (Å²) in [5, 5.41) is 2.13. The normalized spacial score (nSPS) is 17.5. The molecule has 4 heterocycles. The number of rotatable bonds is 3. The second kappa shape index (κ2) is 6.61. The van der Waals surface area contributed by atoms with Gasteiger partial charge in [0.1, 0.15) is 5.82 Å². The van der Waals surface area contributed by atoms with E-state index in [4.69, 9.17) is 0 Å². The highest BCUT2D eigenvalue weighted by atomic mass is 32.1. The molecule has 2 aliphatic rings. The highest BCUT2D eigenvalue weighted by molar-refractivity contribution is 7.10. The third-order valence-corrected chi connectivity index (χ3v) is 5.93. The minimum atomic E-state index is 0.236. The van der Waals surface area contributed by atoms with Crippen molar-refractivity contribution in [3.63, 3.8) is 0 Å². The van der Waals surface area contributed by atoms with Crippen LogP contribution in [0.5, 0.6) is 0 Å². The summed E-state index contributed by atoms with van der Waals surface area (Å²) in [7, 11) is 0. The summed E-state index contributed by atoms with van der Waals surface area (Å²) in [4.78, 5) is 27.4. The number of aromatic nitrogens is 2. The van der Waals surface area contributed by atoms with E-state index in [0.717, 1.165) is 57.0 Å². The molecule has 2 aliphatic heterocycles. The molecule has 0 unspecified atom stereocenters. The van der Waals surface area contributed by atoms with Crippen molar-refractivity contribution in [3.05, 3.63) is 45.2 Å². The molecule has 1 amide bonds. The Morgan fingerprint density at radius 1 is 1.25 bits per heavy atom. The Morgan fingerprint density at radius 3 is 3.04 bits per heavy atom. The lowest BCUT2D eigenvalue weighted by molar-refractivity contribution is -0.133.